The van der Waals surface area contributed by atoms with Gasteiger partial charge in [0.25, 0.3) is 0 Å². The molecule has 1 amide bonds. The zero-order valence-electron chi connectivity index (χ0n) is 10.0. The lowest BCUT2D eigenvalue weighted by molar-refractivity contribution is -0.118. The number of nitrogens with one attached hydrogen (secondary N) is 1. The van der Waals surface area contributed by atoms with E-state index in [0.29, 0.717) is 16.5 Å². The Morgan fingerprint density at radius 3 is 2.72 bits per heavy atom. The molecule has 0 aromatic heterocycles. The summed E-state index contributed by atoms with van der Waals surface area (Å²) in [6.07, 6.45) is 2.08. The summed E-state index contributed by atoms with van der Waals surface area (Å²) in [4.78, 5) is 22.9. The van der Waals surface area contributed by atoms with E-state index < -0.39 is 5.82 Å². The molecule has 3 nitrogen and oxygen atoms in total. The largest absolute Gasteiger partial charge is 0.353 e. The van der Waals surface area contributed by atoms with Crippen molar-refractivity contribution in [3.05, 3.63) is 29.6 Å². The Kier molecular flexibility index (Phi) is 4.01. The van der Waals surface area contributed by atoms with E-state index in [9.17, 15) is 14.0 Å². The lowest BCUT2D eigenvalue weighted by atomic mass is 10.1. The molecule has 5 heteroatoms. The first kappa shape index (κ1) is 13.1. The summed E-state index contributed by atoms with van der Waals surface area (Å²) in [5, 5.41) is 2.84. The van der Waals surface area contributed by atoms with Gasteiger partial charge in [-0.15, -0.1) is 11.8 Å². The van der Waals surface area contributed by atoms with Crippen LogP contribution in [0.1, 0.15) is 30.1 Å². The number of rotatable bonds is 5. The molecule has 0 bridgehead atoms. The van der Waals surface area contributed by atoms with Crippen molar-refractivity contribution in [2.45, 2.75) is 30.7 Å². The van der Waals surface area contributed by atoms with E-state index in [-0.39, 0.29) is 17.4 Å². The van der Waals surface area contributed by atoms with Crippen LogP contribution in [0.25, 0.3) is 0 Å². The van der Waals surface area contributed by atoms with E-state index in [2.05, 4.69) is 5.32 Å². The van der Waals surface area contributed by atoms with Crippen LogP contribution in [0.3, 0.4) is 0 Å². The predicted octanol–water partition coefficient (Wildman–Crippen LogP) is 2.40. The van der Waals surface area contributed by atoms with Crippen LogP contribution in [0.2, 0.25) is 0 Å². The second-order valence-electron chi connectivity index (χ2n) is 4.33. The molecule has 1 saturated carbocycles. The van der Waals surface area contributed by atoms with Crippen molar-refractivity contribution in [1.29, 1.82) is 0 Å². The summed E-state index contributed by atoms with van der Waals surface area (Å²) in [6, 6.07) is 4.65. The van der Waals surface area contributed by atoms with Gasteiger partial charge in [0.2, 0.25) is 5.91 Å². The number of amides is 1. The van der Waals surface area contributed by atoms with E-state index in [0.717, 1.165) is 24.6 Å². The summed E-state index contributed by atoms with van der Waals surface area (Å²) in [6.45, 7) is 1.39. The molecule has 1 aromatic rings. The standard InChI is InChI=1S/C13H14FNO2S/c1-8(16)9-2-5-12(11(14)6-9)18-7-13(17)15-10-3-4-10/h2,5-6,10H,3-4,7H2,1H3,(H,15,17). The molecule has 0 heterocycles. The van der Waals surface area contributed by atoms with E-state index >= 15 is 0 Å². The molecule has 1 aliphatic rings. The zero-order chi connectivity index (χ0) is 13.1. The number of Topliss-reactive ketones (excluding diaryl/α,β-unsaturated/α-hetero) is 1. The molecule has 0 aliphatic heterocycles. The van der Waals surface area contributed by atoms with Gasteiger partial charge in [0.1, 0.15) is 5.82 Å². The lowest BCUT2D eigenvalue weighted by Crippen LogP contribution is -2.27. The summed E-state index contributed by atoms with van der Waals surface area (Å²) < 4.78 is 13.6. The topological polar surface area (TPSA) is 46.2 Å². The average molecular weight is 267 g/mol. The highest BCUT2D eigenvalue weighted by molar-refractivity contribution is 8.00. The second-order valence-corrected chi connectivity index (χ2v) is 5.35. The van der Waals surface area contributed by atoms with Crippen LogP contribution in [0.4, 0.5) is 4.39 Å². The third-order valence-electron chi connectivity index (χ3n) is 2.64. The number of hydrogen-bond acceptors (Lipinski definition) is 3. The van der Waals surface area contributed by atoms with Crippen molar-refractivity contribution < 1.29 is 14.0 Å². The minimum Gasteiger partial charge on any atom is -0.353 e. The minimum atomic E-state index is -0.452. The van der Waals surface area contributed by atoms with Crippen LogP contribution in [0.15, 0.2) is 23.1 Å². The summed E-state index contributed by atoms with van der Waals surface area (Å²) in [5.41, 5.74) is 0.347. The first-order chi connectivity index (χ1) is 8.56. The lowest BCUT2D eigenvalue weighted by Gasteiger charge is -2.05. The summed E-state index contributed by atoms with van der Waals surface area (Å²) >= 11 is 1.15. The molecular weight excluding hydrogens is 253 g/mol. The van der Waals surface area contributed by atoms with Gasteiger partial charge in [-0.05, 0) is 31.9 Å². The highest BCUT2D eigenvalue weighted by Gasteiger charge is 2.23. The van der Waals surface area contributed by atoms with Gasteiger partial charge >= 0.3 is 0 Å². The highest BCUT2D eigenvalue weighted by atomic mass is 32.2. The molecule has 18 heavy (non-hydrogen) atoms. The average Bonchev–Trinajstić information content (AvgIpc) is 3.11. The first-order valence-corrected chi connectivity index (χ1v) is 6.77. The number of carbonyl (C=O) groups excluding carboxylic acids is 2. The Hall–Kier alpha value is -1.36. The number of ketones is 1. The molecule has 1 aromatic carbocycles. The van der Waals surface area contributed by atoms with Crippen molar-refractivity contribution in [1.82, 2.24) is 5.32 Å². The maximum atomic E-state index is 13.6. The number of halogens is 1. The first-order valence-electron chi connectivity index (χ1n) is 5.79. The van der Waals surface area contributed by atoms with Crippen LogP contribution in [-0.4, -0.2) is 23.5 Å². The Morgan fingerprint density at radius 2 is 2.17 bits per heavy atom. The van der Waals surface area contributed by atoms with Crippen molar-refractivity contribution in [2.75, 3.05) is 5.75 Å². The zero-order valence-corrected chi connectivity index (χ0v) is 10.8. The Balaban J connectivity index is 1.92. The highest BCUT2D eigenvalue weighted by Crippen LogP contribution is 2.24. The van der Waals surface area contributed by atoms with Crippen LogP contribution < -0.4 is 5.32 Å². The molecule has 0 radical (unpaired) electrons. The van der Waals surface area contributed by atoms with E-state index in [1.807, 2.05) is 0 Å². The number of thioether (sulfide) groups is 1. The van der Waals surface area contributed by atoms with Crippen LogP contribution >= 0.6 is 11.8 Å². The molecular formula is C13H14FNO2S. The number of carbonyl (C=O) groups is 2. The fourth-order valence-corrected chi connectivity index (χ4v) is 2.21. The van der Waals surface area contributed by atoms with Crippen molar-refractivity contribution in [2.24, 2.45) is 0 Å². The molecule has 0 spiro atoms. The van der Waals surface area contributed by atoms with Gasteiger partial charge in [-0.3, -0.25) is 9.59 Å². The van der Waals surface area contributed by atoms with E-state index in [4.69, 9.17) is 0 Å². The van der Waals surface area contributed by atoms with E-state index in [1.165, 1.54) is 13.0 Å². The van der Waals surface area contributed by atoms with Gasteiger partial charge < -0.3 is 5.32 Å². The molecule has 1 aliphatic carbocycles. The normalized spacial score (nSPS) is 14.3. The Morgan fingerprint density at radius 1 is 1.44 bits per heavy atom. The monoisotopic (exact) mass is 267 g/mol. The molecule has 1 N–H and O–H groups in total. The Labute approximate surface area is 109 Å². The van der Waals surface area contributed by atoms with Gasteiger partial charge in [-0.25, -0.2) is 4.39 Å². The molecule has 1 fully saturated rings. The third-order valence-corrected chi connectivity index (χ3v) is 3.69. The third kappa shape index (κ3) is 3.57. The van der Waals surface area contributed by atoms with Gasteiger partial charge in [-0.2, -0.15) is 0 Å². The molecule has 0 saturated heterocycles. The SMILES string of the molecule is CC(=O)c1ccc(SCC(=O)NC2CC2)c(F)c1. The smallest absolute Gasteiger partial charge is 0.230 e. The molecule has 0 atom stereocenters. The van der Waals surface area contributed by atoms with Crippen molar-refractivity contribution in [3.63, 3.8) is 0 Å². The van der Waals surface area contributed by atoms with Gasteiger partial charge in [-0.1, -0.05) is 6.07 Å². The fourth-order valence-electron chi connectivity index (χ4n) is 1.48. The molecule has 2 rings (SSSR count). The minimum absolute atomic E-state index is 0.0717. The summed E-state index contributed by atoms with van der Waals surface area (Å²) in [5.74, 6) is -0.492. The number of hydrogen-bond donors (Lipinski definition) is 1. The van der Waals surface area contributed by atoms with Gasteiger partial charge in [0.05, 0.1) is 5.75 Å². The van der Waals surface area contributed by atoms with Crippen LogP contribution in [0.5, 0.6) is 0 Å². The van der Waals surface area contributed by atoms with Crippen molar-refractivity contribution in [3.8, 4) is 0 Å². The number of benzene rings is 1. The molecule has 96 valence electrons. The van der Waals surface area contributed by atoms with Gasteiger partial charge in [0, 0.05) is 16.5 Å². The summed E-state index contributed by atoms with van der Waals surface area (Å²) in [7, 11) is 0. The van der Waals surface area contributed by atoms with Crippen LogP contribution in [-0.2, 0) is 4.79 Å². The van der Waals surface area contributed by atoms with Gasteiger partial charge in [0.15, 0.2) is 5.78 Å². The van der Waals surface area contributed by atoms with Crippen molar-refractivity contribution >= 4 is 23.5 Å². The fraction of sp³-hybridized carbons (Fsp3) is 0.385. The maximum Gasteiger partial charge on any atom is 0.230 e. The molecule has 0 unspecified atom stereocenters. The Bertz CT molecular complexity index is 486. The quantitative estimate of drug-likeness (QED) is 0.658. The second kappa shape index (κ2) is 5.52. The maximum absolute atomic E-state index is 13.6. The van der Waals surface area contributed by atoms with Crippen LogP contribution in [0, 0.1) is 5.82 Å². The van der Waals surface area contributed by atoms with E-state index in [1.54, 1.807) is 12.1 Å². The predicted molar refractivity (Wildman–Crippen MR) is 68.3 cm³/mol.